The lowest BCUT2D eigenvalue weighted by Crippen LogP contribution is -2.20. The molecule has 0 spiro atoms. The average molecular weight is 235 g/mol. The maximum atomic E-state index is 4.71. The smallest absolute Gasteiger partial charge is 0.0624 e. The van der Waals surface area contributed by atoms with Crippen molar-refractivity contribution in [2.45, 2.75) is 64.0 Å². The molecule has 1 heterocycles. The largest absolute Gasteiger partial charge is 0.317 e. The summed E-state index contributed by atoms with van der Waals surface area (Å²) < 4.78 is 2.20. The zero-order valence-electron chi connectivity index (χ0n) is 11.2. The zero-order chi connectivity index (χ0) is 12.1. The van der Waals surface area contributed by atoms with Crippen LogP contribution in [-0.2, 0) is 6.42 Å². The minimum Gasteiger partial charge on any atom is -0.317 e. The van der Waals surface area contributed by atoms with E-state index in [-0.39, 0.29) is 0 Å². The third-order valence-electron chi connectivity index (χ3n) is 3.93. The molecule has 1 fully saturated rings. The van der Waals surface area contributed by atoms with Gasteiger partial charge in [0.05, 0.1) is 11.7 Å². The summed E-state index contributed by atoms with van der Waals surface area (Å²) in [7, 11) is 2.03. The second-order valence-electron chi connectivity index (χ2n) is 5.31. The molecule has 0 amide bonds. The predicted octanol–water partition coefficient (Wildman–Crippen LogP) is 2.93. The van der Waals surface area contributed by atoms with Gasteiger partial charge in [-0.15, -0.1) is 0 Å². The highest BCUT2D eigenvalue weighted by Crippen LogP contribution is 2.28. The predicted molar refractivity (Wildman–Crippen MR) is 71.2 cm³/mol. The van der Waals surface area contributed by atoms with Gasteiger partial charge in [0.15, 0.2) is 0 Å². The van der Waals surface area contributed by atoms with Gasteiger partial charge >= 0.3 is 0 Å². The Balaban J connectivity index is 1.77. The summed E-state index contributed by atoms with van der Waals surface area (Å²) in [5.74, 6) is 0. The van der Waals surface area contributed by atoms with Crippen molar-refractivity contribution in [3.8, 4) is 0 Å². The van der Waals surface area contributed by atoms with Gasteiger partial charge in [-0.25, -0.2) is 0 Å². The first-order chi connectivity index (χ1) is 8.29. The number of aryl methyl sites for hydroxylation is 1. The molecule has 1 aromatic heterocycles. The third kappa shape index (κ3) is 3.56. The molecule has 1 aliphatic rings. The van der Waals surface area contributed by atoms with Crippen LogP contribution in [0.25, 0.3) is 0 Å². The van der Waals surface area contributed by atoms with E-state index in [2.05, 4.69) is 29.2 Å². The van der Waals surface area contributed by atoms with Crippen molar-refractivity contribution in [3.63, 3.8) is 0 Å². The van der Waals surface area contributed by atoms with E-state index in [9.17, 15) is 0 Å². The Morgan fingerprint density at radius 2 is 2.24 bits per heavy atom. The number of nitrogens with zero attached hydrogens (tertiary/aromatic N) is 2. The van der Waals surface area contributed by atoms with Gasteiger partial charge in [-0.3, -0.25) is 4.68 Å². The first-order valence-electron chi connectivity index (χ1n) is 7.01. The van der Waals surface area contributed by atoms with Crippen LogP contribution in [-0.4, -0.2) is 22.9 Å². The Bertz CT molecular complexity index is 326. The highest BCUT2D eigenvalue weighted by atomic mass is 15.3. The summed E-state index contributed by atoms with van der Waals surface area (Å²) in [5, 5.41) is 7.99. The van der Waals surface area contributed by atoms with E-state index >= 15 is 0 Å². The van der Waals surface area contributed by atoms with Gasteiger partial charge < -0.3 is 5.32 Å². The topological polar surface area (TPSA) is 29.9 Å². The summed E-state index contributed by atoms with van der Waals surface area (Å²) in [6.45, 7) is 2.23. The molecule has 3 heteroatoms. The average Bonchev–Trinajstić information content (AvgIpc) is 2.98. The standard InChI is InChI=1S/C14H25N3/c1-12(15-2)6-5-7-13-10-11-17(16-13)14-8-3-4-9-14/h10-12,14-15H,3-9H2,1-2H3. The van der Waals surface area contributed by atoms with Crippen LogP contribution < -0.4 is 5.32 Å². The van der Waals surface area contributed by atoms with Crippen LogP contribution in [0.5, 0.6) is 0 Å². The Hall–Kier alpha value is -0.830. The molecule has 1 N–H and O–H groups in total. The van der Waals surface area contributed by atoms with Crippen LogP contribution in [0.3, 0.4) is 0 Å². The second-order valence-corrected chi connectivity index (χ2v) is 5.31. The number of rotatable bonds is 6. The summed E-state index contributed by atoms with van der Waals surface area (Å²) in [4.78, 5) is 0. The second kappa shape index (κ2) is 6.20. The van der Waals surface area contributed by atoms with Crippen molar-refractivity contribution in [2.75, 3.05) is 7.05 Å². The van der Waals surface area contributed by atoms with Crippen LogP contribution in [0.15, 0.2) is 12.3 Å². The van der Waals surface area contributed by atoms with E-state index in [4.69, 9.17) is 5.10 Å². The molecule has 1 saturated carbocycles. The molecule has 0 radical (unpaired) electrons. The number of hydrogen-bond donors (Lipinski definition) is 1. The fourth-order valence-electron chi connectivity index (χ4n) is 2.62. The summed E-state index contributed by atoms with van der Waals surface area (Å²) in [5.41, 5.74) is 1.26. The molecular weight excluding hydrogens is 210 g/mol. The van der Waals surface area contributed by atoms with Crippen LogP contribution in [0.2, 0.25) is 0 Å². The van der Waals surface area contributed by atoms with Gasteiger partial charge in [0.25, 0.3) is 0 Å². The summed E-state index contributed by atoms with van der Waals surface area (Å²) in [6.07, 6.45) is 11.1. The van der Waals surface area contributed by atoms with Crippen molar-refractivity contribution in [2.24, 2.45) is 0 Å². The lowest BCUT2D eigenvalue weighted by Gasteiger charge is -2.09. The Labute approximate surface area is 105 Å². The maximum absolute atomic E-state index is 4.71. The molecule has 0 aliphatic heterocycles. The lowest BCUT2D eigenvalue weighted by atomic mass is 10.1. The minimum absolute atomic E-state index is 0.618. The molecule has 0 aromatic carbocycles. The Kier molecular flexibility index (Phi) is 4.60. The molecule has 1 unspecified atom stereocenters. The maximum Gasteiger partial charge on any atom is 0.0624 e. The number of nitrogens with one attached hydrogen (secondary N) is 1. The zero-order valence-corrected chi connectivity index (χ0v) is 11.2. The molecule has 0 bridgehead atoms. The normalized spacial score (nSPS) is 18.7. The SMILES string of the molecule is CNC(C)CCCc1ccn(C2CCCC2)n1. The minimum atomic E-state index is 0.618. The molecule has 96 valence electrons. The van der Waals surface area contributed by atoms with E-state index in [1.54, 1.807) is 0 Å². The molecule has 17 heavy (non-hydrogen) atoms. The van der Waals surface area contributed by atoms with Crippen molar-refractivity contribution in [3.05, 3.63) is 18.0 Å². The quantitative estimate of drug-likeness (QED) is 0.821. The number of aromatic nitrogens is 2. The van der Waals surface area contributed by atoms with E-state index in [0.717, 1.165) is 6.42 Å². The van der Waals surface area contributed by atoms with E-state index in [0.29, 0.717) is 12.1 Å². The van der Waals surface area contributed by atoms with Crippen molar-refractivity contribution in [1.82, 2.24) is 15.1 Å². The summed E-state index contributed by atoms with van der Waals surface area (Å²) in [6, 6.07) is 3.49. The van der Waals surface area contributed by atoms with Gasteiger partial charge in [0, 0.05) is 12.2 Å². The fourth-order valence-corrected chi connectivity index (χ4v) is 2.62. The molecule has 3 nitrogen and oxygen atoms in total. The van der Waals surface area contributed by atoms with Gasteiger partial charge in [-0.1, -0.05) is 12.8 Å². The molecule has 2 rings (SSSR count). The number of hydrogen-bond acceptors (Lipinski definition) is 2. The van der Waals surface area contributed by atoms with E-state index in [1.807, 2.05) is 7.05 Å². The Morgan fingerprint density at radius 3 is 2.94 bits per heavy atom. The van der Waals surface area contributed by atoms with Crippen molar-refractivity contribution < 1.29 is 0 Å². The highest BCUT2D eigenvalue weighted by molar-refractivity contribution is 5.00. The van der Waals surface area contributed by atoms with Crippen LogP contribution >= 0.6 is 0 Å². The first kappa shape index (κ1) is 12.6. The molecule has 1 aromatic rings. The Morgan fingerprint density at radius 1 is 1.47 bits per heavy atom. The molecule has 1 atom stereocenters. The van der Waals surface area contributed by atoms with E-state index in [1.165, 1.54) is 44.2 Å². The van der Waals surface area contributed by atoms with Crippen LogP contribution in [0.1, 0.15) is 57.2 Å². The molecular formula is C14H25N3. The van der Waals surface area contributed by atoms with Gasteiger partial charge in [0.1, 0.15) is 0 Å². The van der Waals surface area contributed by atoms with Crippen LogP contribution in [0.4, 0.5) is 0 Å². The third-order valence-corrected chi connectivity index (χ3v) is 3.93. The van der Waals surface area contributed by atoms with E-state index < -0.39 is 0 Å². The van der Waals surface area contributed by atoms with Crippen LogP contribution in [0, 0.1) is 0 Å². The fraction of sp³-hybridized carbons (Fsp3) is 0.786. The monoisotopic (exact) mass is 235 g/mol. The first-order valence-corrected chi connectivity index (χ1v) is 7.01. The van der Waals surface area contributed by atoms with Gasteiger partial charge in [0.2, 0.25) is 0 Å². The van der Waals surface area contributed by atoms with Gasteiger partial charge in [-0.2, -0.15) is 5.10 Å². The van der Waals surface area contributed by atoms with Crippen molar-refractivity contribution >= 4 is 0 Å². The van der Waals surface area contributed by atoms with Crippen molar-refractivity contribution in [1.29, 1.82) is 0 Å². The molecule has 1 aliphatic carbocycles. The van der Waals surface area contributed by atoms with Gasteiger partial charge in [-0.05, 0) is 52.1 Å². The lowest BCUT2D eigenvalue weighted by molar-refractivity contribution is 0.460. The highest BCUT2D eigenvalue weighted by Gasteiger charge is 2.17. The summed E-state index contributed by atoms with van der Waals surface area (Å²) >= 11 is 0. The molecule has 0 saturated heterocycles.